The fourth-order valence-corrected chi connectivity index (χ4v) is 2.83. The average molecular weight is 284 g/mol. The van der Waals surface area contributed by atoms with E-state index in [0.717, 1.165) is 55.4 Å². The van der Waals surface area contributed by atoms with Crippen LogP contribution in [0, 0.1) is 0 Å². The molecule has 1 aromatic carbocycles. The van der Waals surface area contributed by atoms with Gasteiger partial charge in [0, 0.05) is 32.7 Å². The van der Waals surface area contributed by atoms with Gasteiger partial charge in [0.1, 0.15) is 0 Å². The lowest BCUT2D eigenvalue weighted by Crippen LogP contribution is -2.32. The molecule has 1 fully saturated rings. The third-order valence-electron chi connectivity index (χ3n) is 3.59. The number of nitrogens with two attached hydrogens (primary N) is 1. The van der Waals surface area contributed by atoms with Gasteiger partial charge in [-0.15, -0.1) is 0 Å². The minimum atomic E-state index is 0.228. The van der Waals surface area contributed by atoms with Crippen LogP contribution < -0.4 is 10.6 Å². The number of hydrogen-bond donors (Lipinski definition) is 2. The van der Waals surface area contributed by atoms with E-state index in [1.54, 1.807) is 0 Å². The van der Waals surface area contributed by atoms with Crippen molar-refractivity contribution in [3.8, 4) is 0 Å². The number of β-amino-alcohol motifs (C(OH)–C–C–N with tert-alkyl or cyclic N) is 1. The molecule has 0 aliphatic carbocycles. The van der Waals surface area contributed by atoms with E-state index in [-0.39, 0.29) is 6.61 Å². The Morgan fingerprint density at radius 2 is 2.05 bits per heavy atom. The third-order valence-corrected chi connectivity index (χ3v) is 3.90. The predicted molar refractivity (Wildman–Crippen MR) is 79.7 cm³/mol. The van der Waals surface area contributed by atoms with Crippen LogP contribution in [-0.4, -0.2) is 49.3 Å². The van der Waals surface area contributed by atoms with Gasteiger partial charge in [0.25, 0.3) is 0 Å². The minimum absolute atomic E-state index is 0.228. The summed E-state index contributed by atoms with van der Waals surface area (Å²) >= 11 is 6.34. The molecular weight excluding hydrogens is 262 g/mol. The normalized spacial score (nSPS) is 17.5. The quantitative estimate of drug-likeness (QED) is 0.875. The third kappa shape index (κ3) is 3.83. The zero-order valence-corrected chi connectivity index (χ0v) is 11.9. The number of rotatable bonds is 4. The smallest absolute Gasteiger partial charge is 0.0642 e. The van der Waals surface area contributed by atoms with Gasteiger partial charge < -0.3 is 15.7 Å². The highest BCUT2D eigenvalue weighted by molar-refractivity contribution is 6.33. The summed E-state index contributed by atoms with van der Waals surface area (Å²) in [5.74, 6) is 0. The monoisotopic (exact) mass is 283 g/mol. The molecule has 106 valence electrons. The van der Waals surface area contributed by atoms with E-state index < -0.39 is 0 Å². The molecule has 1 aliphatic heterocycles. The molecule has 1 heterocycles. The van der Waals surface area contributed by atoms with Gasteiger partial charge in [-0.3, -0.25) is 4.90 Å². The lowest BCUT2D eigenvalue weighted by atomic mass is 10.2. The molecule has 5 heteroatoms. The summed E-state index contributed by atoms with van der Waals surface area (Å²) in [6.45, 7) is 5.46. The summed E-state index contributed by atoms with van der Waals surface area (Å²) in [7, 11) is 0. The summed E-state index contributed by atoms with van der Waals surface area (Å²) in [4.78, 5) is 4.61. The number of aliphatic hydroxyl groups excluding tert-OH is 1. The van der Waals surface area contributed by atoms with Gasteiger partial charge in [0.05, 0.1) is 17.3 Å². The van der Waals surface area contributed by atoms with Crippen LogP contribution in [0.3, 0.4) is 0 Å². The molecule has 0 atom stereocenters. The van der Waals surface area contributed by atoms with Crippen LogP contribution in [0.15, 0.2) is 18.2 Å². The summed E-state index contributed by atoms with van der Waals surface area (Å²) in [6, 6.07) is 6.05. The van der Waals surface area contributed by atoms with E-state index in [0.29, 0.717) is 6.54 Å². The first-order chi connectivity index (χ1) is 9.24. The Balaban J connectivity index is 2.05. The van der Waals surface area contributed by atoms with Gasteiger partial charge >= 0.3 is 0 Å². The Morgan fingerprint density at radius 3 is 2.74 bits per heavy atom. The van der Waals surface area contributed by atoms with Crippen molar-refractivity contribution in [1.82, 2.24) is 4.90 Å². The first kappa shape index (κ1) is 14.6. The van der Waals surface area contributed by atoms with Crippen LogP contribution >= 0.6 is 11.6 Å². The van der Waals surface area contributed by atoms with Crippen molar-refractivity contribution in [3.05, 3.63) is 28.8 Å². The van der Waals surface area contributed by atoms with Crippen molar-refractivity contribution < 1.29 is 5.11 Å². The number of benzene rings is 1. The van der Waals surface area contributed by atoms with Gasteiger partial charge in [0.2, 0.25) is 0 Å². The van der Waals surface area contributed by atoms with Gasteiger partial charge in [-0.25, -0.2) is 0 Å². The molecule has 2 rings (SSSR count). The fraction of sp³-hybridized carbons (Fsp3) is 0.571. The predicted octanol–water partition coefficient (Wildman–Crippen LogP) is 1.30. The van der Waals surface area contributed by atoms with Crippen molar-refractivity contribution in [2.24, 2.45) is 5.73 Å². The van der Waals surface area contributed by atoms with E-state index in [1.807, 2.05) is 12.1 Å². The van der Waals surface area contributed by atoms with Crippen molar-refractivity contribution in [2.45, 2.75) is 13.0 Å². The molecule has 0 radical (unpaired) electrons. The van der Waals surface area contributed by atoms with Gasteiger partial charge in [0.15, 0.2) is 0 Å². The Labute approximate surface area is 119 Å². The van der Waals surface area contributed by atoms with Crippen LogP contribution in [0.2, 0.25) is 5.02 Å². The topological polar surface area (TPSA) is 52.7 Å². The van der Waals surface area contributed by atoms with Crippen LogP contribution in [0.5, 0.6) is 0 Å². The fourth-order valence-electron chi connectivity index (χ4n) is 2.51. The maximum Gasteiger partial charge on any atom is 0.0642 e. The van der Waals surface area contributed by atoms with Gasteiger partial charge in [-0.05, 0) is 30.7 Å². The second kappa shape index (κ2) is 7.10. The molecule has 1 aromatic rings. The van der Waals surface area contributed by atoms with Crippen LogP contribution in [0.1, 0.15) is 12.0 Å². The Bertz CT molecular complexity index is 414. The molecule has 19 heavy (non-hydrogen) atoms. The second-order valence-corrected chi connectivity index (χ2v) is 5.30. The first-order valence-electron chi connectivity index (χ1n) is 6.81. The Kier molecular flexibility index (Phi) is 5.45. The Morgan fingerprint density at radius 1 is 1.21 bits per heavy atom. The lowest BCUT2D eigenvalue weighted by molar-refractivity contribution is 0.204. The van der Waals surface area contributed by atoms with Crippen molar-refractivity contribution in [1.29, 1.82) is 0 Å². The molecule has 0 spiro atoms. The van der Waals surface area contributed by atoms with Crippen molar-refractivity contribution in [2.75, 3.05) is 44.2 Å². The standard InChI is InChI=1S/C14H22ClN3O/c15-13-10-12(11-16)2-3-14(13)18-5-1-4-17(6-7-18)8-9-19/h2-3,10,19H,1,4-9,11,16H2. The summed E-state index contributed by atoms with van der Waals surface area (Å²) < 4.78 is 0. The number of hydrogen-bond acceptors (Lipinski definition) is 4. The van der Waals surface area contributed by atoms with Crippen LogP contribution in [0.25, 0.3) is 0 Å². The molecule has 0 bridgehead atoms. The average Bonchev–Trinajstić information content (AvgIpc) is 2.65. The Hall–Kier alpha value is -0.810. The molecule has 1 aliphatic rings. The molecule has 0 saturated carbocycles. The molecule has 3 N–H and O–H groups in total. The van der Waals surface area contributed by atoms with Crippen LogP contribution in [0.4, 0.5) is 5.69 Å². The number of halogens is 1. The summed E-state index contributed by atoms with van der Waals surface area (Å²) in [5, 5.41) is 9.78. The maximum atomic E-state index is 9.01. The first-order valence-corrected chi connectivity index (χ1v) is 7.19. The number of nitrogens with zero attached hydrogens (tertiary/aromatic N) is 2. The van der Waals surface area contributed by atoms with Crippen molar-refractivity contribution >= 4 is 17.3 Å². The number of anilines is 1. The zero-order chi connectivity index (χ0) is 13.7. The van der Waals surface area contributed by atoms with E-state index in [9.17, 15) is 0 Å². The maximum absolute atomic E-state index is 9.01. The van der Waals surface area contributed by atoms with E-state index >= 15 is 0 Å². The summed E-state index contributed by atoms with van der Waals surface area (Å²) in [5.41, 5.74) is 7.77. The second-order valence-electron chi connectivity index (χ2n) is 4.90. The van der Waals surface area contributed by atoms with E-state index in [4.69, 9.17) is 22.4 Å². The van der Waals surface area contributed by atoms with Gasteiger partial charge in [-0.2, -0.15) is 0 Å². The van der Waals surface area contributed by atoms with Gasteiger partial charge in [-0.1, -0.05) is 17.7 Å². The molecule has 0 aromatic heterocycles. The minimum Gasteiger partial charge on any atom is -0.395 e. The van der Waals surface area contributed by atoms with E-state index in [2.05, 4.69) is 15.9 Å². The molecule has 0 amide bonds. The van der Waals surface area contributed by atoms with E-state index in [1.165, 1.54) is 0 Å². The number of aliphatic hydroxyl groups is 1. The lowest BCUT2D eigenvalue weighted by Gasteiger charge is -2.24. The highest BCUT2D eigenvalue weighted by Crippen LogP contribution is 2.27. The van der Waals surface area contributed by atoms with Crippen LogP contribution in [-0.2, 0) is 6.54 Å². The molecule has 0 unspecified atom stereocenters. The van der Waals surface area contributed by atoms with Crippen molar-refractivity contribution in [3.63, 3.8) is 0 Å². The largest absolute Gasteiger partial charge is 0.395 e. The summed E-state index contributed by atoms with van der Waals surface area (Å²) in [6.07, 6.45) is 1.09. The highest BCUT2D eigenvalue weighted by atomic mass is 35.5. The molecule has 4 nitrogen and oxygen atoms in total. The molecular formula is C14H22ClN3O. The SMILES string of the molecule is NCc1ccc(N2CCCN(CCO)CC2)c(Cl)c1. The zero-order valence-electron chi connectivity index (χ0n) is 11.2. The highest BCUT2D eigenvalue weighted by Gasteiger charge is 2.16. The molecule has 1 saturated heterocycles.